The van der Waals surface area contributed by atoms with E-state index in [0.717, 1.165) is 89.3 Å². The maximum Gasteiger partial charge on any atom is 0.260 e. The first kappa shape index (κ1) is 102. The van der Waals surface area contributed by atoms with Gasteiger partial charge in [-0.05, 0) is 274 Å². The van der Waals surface area contributed by atoms with Crippen molar-refractivity contribution in [3.63, 3.8) is 0 Å². The molecule has 0 aromatic heterocycles. The molecule has 14 aliphatic carbocycles. The van der Waals surface area contributed by atoms with Crippen LogP contribution in [0.5, 0.6) is 23.0 Å². The van der Waals surface area contributed by atoms with E-state index >= 15 is 9.59 Å². The molecule has 12 heterocycles. The number of epoxide rings is 2. The number of benzene rings is 4. The van der Waals surface area contributed by atoms with E-state index in [1.165, 1.54) is 35.1 Å². The smallest absolute Gasteiger partial charge is 0.260 e. The maximum atomic E-state index is 15.1. The van der Waals surface area contributed by atoms with Crippen molar-refractivity contribution in [2.45, 2.75) is 287 Å². The molecular weight excluding hydrogens is 1850 g/mol. The SMILES string of the molecule is C=CC1(C)C=C(C)C2C3C(Oc4ccc(cc4)CC4(O)CC(=C)C5(OC45)C(=O)C31)C1C(C)CC(C)CC21C.C=CC1(C)C=C(C)C2C3C(Oc4ccc(cc4)CC45OC4(C(=C)NC5=O)C(=O)C31)C1C(C)CC(C)CC21C.C=C[C@@H]1C=C(C)[C@H]2[C@@H]3[C@H](Oc4ccc(cc4)C[C@@]4(C)C=C(C(=O)N4)C(=O)[C@@H]13)[C@@H]1[C@@H](C)C[C@@H](C)C[C@]12C.C=C[C@@]1(C)C=C(C)C2C3[C@H](Oc4ccc(cc4)CC4C(=O)CC(=O)[C@H]4C(=O)[C@H]31)C1[C@@H](C)C[C@@H](C)C[C@@]21C. The van der Waals surface area contributed by atoms with Crippen molar-refractivity contribution in [1.29, 1.82) is 0 Å². The van der Waals surface area contributed by atoms with Gasteiger partial charge in [0.1, 0.15) is 70.7 Å². The van der Waals surface area contributed by atoms with E-state index < -0.39 is 74.0 Å². The zero-order chi connectivity index (χ0) is 106. The summed E-state index contributed by atoms with van der Waals surface area (Å²) in [6, 6.07) is 32.7. The van der Waals surface area contributed by atoms with Gasteiger partial charge in [0.05, 0.1) is 29.1 Å². The number of nitrogens with one attached hydrogen (secondary N) is 2. The van der Waals surface area contributed by atoms with Crippen LogP contribution < -0.4 is 29.6 Å². The van der Waals surface area contributed by atoms with Crippen molar-refractivity contribution in [2.75, 3.05) is 0 Å². The topological polar surface area (TPSA) is 243 Å². The van der Waals surface area contributed by atoms with Crippen LogP contribution in [0, 0.1) is 198 Å². The summed E-state index contributed by atoms with van der Waals surface area (Å²) in [4.78, 5) is 112. The monoisotopic (exact) mass is 2010 g/mol. The number of Topliss-reactive ketones (excluding diaryl/α,β-unsaturated/α-hetero) is 6. The molecule has 27 unspecified atom stereocenters. The van der Waals surface area contributed by atoms with Crippen LogP contribution in [-0.4, -0.2) is 110 Å². The highest BCUT2D eigenvalue weighted by Gasteiger charge is 2.87. The molecule has 12 aliphatic heterocycles. The third-order valence-electron chi connectivity index (χ3n) is 44.6. The number of amides is 2. The molecule has 788 valence electrons. The van der Waals surface area contributed by atoms with Crippen molar-refractivity contribution in [1.82, 2.24) is 10.6 Å². The van der Waals surface area contributed by atoms with Crippen LogP contribution in [-0.2, 0) is 73.5 Å². The molecule has 13 fully saturated rings. The van der Waals surface area contributed by atoms with E-state index in [-0.39, 0.29) is 164 Å². The minimum Gasteiger partial charge on any atom is -0.490 e. The zero-order valence-corrected chi connectivity index (χ0v) is 91.7. The summed E-state index contributed by atoms with van der Waals surface area (Å²) < 4.78 is 40.7. The Morgan fingerprint density at radius 3 is 1.23 bits per heavy atom. The number of fused-ring (bicyclic) bond motifs is 16. The molecule has 4 aromatic rings. The van der Waals surface area contributed by atoms with E-state index in [1.54, 1.807) is 0 Å². The molecule has 0 radical (unpaired) electrons. The Hall–Kier alpha value is -9.94. The quantitative estimate of drug-likeness (QED) is 0.0745. The second-order valence-corrected chi connectivity index (χ2v) is 54.9. The molecule has 17 nitrogen and oxygen atoms in total. The van der Waals surface area contributed by atoms with Gasteiger partial charge < -0.3 is 44.2 Å². The Bertz CT molecular complexity index is 6570. The Balaban J connectivity index is 0.000000109. The number of hydrogen-bond acceptors (Lipinski definition) is 15. The van der Waals surface area contributed by atoms with E-state index in [2.05, 4.69) is 254 Å². The Morgan fingerprint density at radius 2 is 0.812 bits per heavy atom. The second-order valence-electron chi connectivity index (χ2n) is 54.9. The molecule has 2 amide bonds. The summed E-state index contributed by atoms with van der Waals surface area (Å²) in [5, 5.41) is 17.8. The lowest BCUT2D eigenvalue weighted by atomic mass is 9.53. The van der Waals surface area contributed by atoms with Gasteiger partial charge in [-0.25, -0.2) is 0 Å². The van der Waals surface area contributed by atoms with E-state index in [4.69, 9.17) is 28.4 Å². The fourth-order valence-corrected chi connectivity index (χ4v) is 40.9. The number of ether oxygens (including phenoxy) is 6. The fraction of sp³-hybridized carbons (Fsp3) is 0.591. The number of ketones is 6. The Kier molecular flexibility index (Phi) is 23.7. The average Bonchev–Trinajstić information content (AvgIpc) is 1.48. The predicted molar refractivity (Wildman–Crippen MR) is 577 cm³/mol. The molecule has 149 heavy (non-hydrogen) atoms. The number of rotatable bonds is 4. The van der Waals surface area contributed by atoms with Gasteiger partial charge in [-0.1, -0.05) is 236 Å². The largest absolute Gasteiger partial charge is 0.490 e. The number of aliphatic hydroxyl groups is 1. The number of carbonyl (C=O) groups excluding carboxylic acids is 8. The van der Waals surface area contributed by atoms with Crippen molar-refractivity contribution in [3.8, 4) is 23.0 Å². The molecule has 10 saturated carbocycles. The first-order chi connectivity index (χ1) is 70.3. The van der Waals surface area contributed by atoms with Crippen LogP contribution in [0.2, 0.25) is 0 Å². The zero-order valence-electron chi connectivity index (χ0n) is 91.7. The van der Waals surface area contributed by atoms with Crippen LogP contribution in [0.4, 0.5) is 0 Å². The first-order valence-electron chi connectivity index (χ1n) is 56.7. The van der Waals surface area contributed by atoms with Gasteiger partial charge in [0.15, 0.2) is 34.3 Å². The first-order valence-corrected chi connectivity index (χ1v) is 56.7. The van der Waals surface area contributed by atoms with E-state index in [0.29, 0.717) is 114 Å². The number of hydrogen-bond donors (Lipinski definition) is 3. The highest BCUT2D eigenvalue weighted by molar-refractivity contribution is 6.22. The van der Waals surface area contributed by atoms with Crippen molar-refractivity contribution < 1.29 is 71.9 Å². The highest BCUT2D eigenvalue weighted by Crippen LogP contribution is 2.77. The number of allylic oxidation sites excluding steroid dienone is 12. The summed E-state index contributed by atoms with van der Waals surface area (Å²) >= 11 is 0. The molecule has 4 aromatic carbocycles. The minimum atomic E-state index is -1.36. The molecule has 44 atom stereocenters. The van der Waals surface area contributed by atoms with Gasteiger partial charge in [-0.15, -0.1) is 26.3 Å². The third-order valence-corrected chi connectivity index (χ3v) is 44.6. The summed E-state index contributed by atoms with van der Waals surface area (Å²) in [5.41, 5.74) is 3.64. The predicted octanol–water partition coefficient (Wildman–Crippen LogP) is 23.2. The lowest BCUT2D eigenvalue weighted by Gasteiger charge is -2.50. The number of carbonyl (C=O) groups is 8. The Morgan fingerprint density at radius 1 is 0.430 bits per heavy atom. The van der Waals surface area contributed by atoms with Gasteiger partial charge >= 0.3 is 0 Å². The molecule has 17 heteroatoms. The second kappa shape index (κ2) is 34.5. The maximum absolute atomic E-state index is 15.1. The summed E-state index contributed by atoms with van der Waals surface area (Å²) in [7, 11) is 0. The molecular formula is C132H160N2O15. The highest BCUT2D eigenvalue weighted by atomic mass is 16.7. The van der Waals surface area contributed by atoms with E-state index in [1.807, 2.05) is 85.8 Å². The lowest BCUT2D eigenvalue weighted by Crippen LogP contribution is -2.53. The van der Waals surface area contributed by atoms with Crippen LogP contribution in [0.1, 0.15) is 225 Å². The van der Waals surface area contributed by atoms with Gasteiger partial charge in [-0.3, -0.25) is 38.4 Å². The molecule has 26 aliphatic rings. The summed E-state index contributed by atoms with van der Waals surface area (Å²) in [6.07, 6.45) is 28.9. The standard InChI is InChI=1S/C34H42O4.C33H39NO4.C33H40O4.C32H39NO3/c1-8-31(6)15-20(4)25-24-27(31)29(35)34-21(5)16-33(36,30(34)38-34)17-22-9-11-23(12-10-22)37-28(24)26-19(3)13-18(2)14-32(25,26)7;1-8-30(6)15-19(4)24-23-26(30)28(35)33-20(5)34-29(36)32(33,38-33)16-21-9-11-22(12-10-21)37-27(23)25-18(3)13-17(2)14-31(24,25)7;1-7-32(5)16-19(4)27-26-29(32)30(36)25-22(23(34)14-24(25)35)13-20-8-10-21(11-9-20)37-31(26)28-18(3)12-17(2)15-33(27,28)6;1-7-21-13-19(4)26-25-24(21)28(34)23-16-31(5,33-30(23)35)15-20-8-10-22(11-9-20)36-29(25)27-18(3)12-17(2)14-32(26,27)6/h8-12,15,18-19,24-28,30,36H,1,5,13-14,16-17H2,2-4,6-7H3;8-12,15,17-18,23-27H,1,5,13-14,16H2,2-4,6-7H3,(H,34,36);7-11,16-18,22,25-29,31H,1,12-15H2,2-6H3;7-11,13,16-18,21,24-27,29H,1,12,14-15H2,2-6H3,(H,33,35)/t;;17-,18+,22?,25+,26?,27?,28?,29+,31+,32+,33+;17-,18+,21-,24+,25-,26+,27+,29+,31+,32+/m..11/s1. The van der Waals surface area contributed by atoms with Crippen molar-refractivity contribution in [2.24, 2.45) is 198 Å². The van der Waals surface area contributed by atoms with Crippen LogP contribution in [0.25, 0.3) is 0 Å². The van der Waals surface area contributed by atoms with Crippen LogP contribution >= 0.6 is 0 Å². The van der Waals surface area contributed by atoms with Gasteiger partial charge in [0.25, 0.3) is 11.8 Å². The molecule has 3 saturated heterocycles. The number of morpholine rings is 1. The average molecular weight is 2010 g/mol. The molecule has 30 rings (SSSR count). The van der Waals surface area contributed by atoms with Crippen molar-refractivity contribution >= 4 is 46.5 Å². The van der Waals surface area contributed by atoms with Gasteiger partial charge in [0.2, 0.25) is 5.60 Å². The normalized spacial score (nSPS) is 48.7. The third kappa shape index (κ3) is 14.6. The van der Waals surface area contributed by atoms with Crippen molar-refractivity contribution in [3.05, 3.63) is 253 Å². The van der Waals surface area contributed by atoms with Gasteiger partial charge in [0, 0.05) is 118 Å². The van der Waals surface area contributed by atoms with Gasteiger partial charge in [-0.2, -0.15) is 0 Å². The van der Waals surface area contributed by atoms with E-state index in [9.17, 15) is 33.9 Å². The summed E-state index contributed by atoms with van der Waals surface area (Å²) in [5.74, 6) is 5.61. The minimum absolute atomic E-state index is 0.00534. The fourth-order valence-electron chi connectivity index (χ4n) is 40.9. The molecule has 3 N–H and O–H groups in total. The van der Waals surface area contributed by atoms with Crippen LogP contribution in [0.3, 0.4) is 0 Å². The molecule has 12 bridgehead atoms. The Labute approximate surface area is 883 Å². The lowest BCUT2D eigenvalue weighted by molar-refractivity contribution is -0.141. The van der Waals surface area contributed by atoms with Crippen LogP contribution in [0.15, 0.2) is 230 Å². The molecule has 0 spiro atoms. The summed E-state index contributed by atoms with van der Waals surface area (Å²) in [6.45, 7) is 71.4.